The third-order valence-corrected chi connectivity index (χ3v) is 5.09. The van der Waals surface area contributed by atoms with Gasteiger partial charge in [-0.05, 0) is 32.2 Å². The van der Waals surface area contributed by atoms with Crippen LogP contribution in [-0.4, -0.2) is 37.0 Å². The first-order valence-electron chi connectivity index (χ1n) is 8.48. The first kappa shape index (κ1) is 13.9. The molecule has 3 heterocycles. The number of hydrogen-bond acceptors (Lipinski definition) is 4. The Morgan fingerprint density at radius 1 is 0.955 bits per heavy atom. The van der Waals surface area contributed by atoms with Gasteiger partial charge < -0.3 is 0 Å². The zero-order chi connectivity index (χ0) is 14.8. The molecule has 2 aromatic rings. The van der Waals surface area contributed by atoms with E-state index in [2.05, 4.69) is 14.9 Å². The van der Waals surface area contributed by atoms with Crippen molar-refractivity contribution in [3.05, 3.63) is 36.8 Å². The maximum Gasteiger partial charge on any atom is 0.156 e. The number of imidazole rings is 1. The van der Waals surface area contributed by atoms with Gasteiger partial charge in [-0.15, -0.1) is 0 Å². The quantitative estimate of drug-likeness (QED) is 0.873. The van der Waals surface area contributed by atoms with E-state index in [-0.39, 0.29) is 0 Å². The van der Waals surface area contributed by atoms with Gasteiger partial charge in [-0.25, -0.2) is 9.97 Å². The Labute approximate surface area is 131 Å². The summed E-state index contributed by atoms with van der Waals surface area (Å²) in [6.45, 7) is 1.21. The number of likely N-dealkylation sites (tertiary alicyclic amines) is 1. The molecule has 0 unspecified atom stereocenters. The van der Waals surface area contributed by atoms with E-state index >= 15 is 0 Å². The average molecular weight is 297 g/mol. The van der Waals surface area contributed by atoms with Gasteiger partial charge in [0.25, 0.3) is 0 Å². The van der Waals surface area contributed by atoms with E-state index in [0.29, 0.717) is 6.04 Å². The Bertz CT molecular complexity index is 603. The van der Waals surface area contributed by atoms with Gasteiger partial charge >= 0.3 is 0 Å². The Balaban J connectivity index is 1.59. The summed E-state index contributed by atoms with van der Waals surface area (Å²) < 4.78 is 1.93. The third kappa shape index (κ3) is 2.65. The molecule has 5 nitrogen and oxygen atoms in total. The van der Waals surface area contributed by atoms with Gasteiger partial charge in [-0.3, -0.25) is 14.5 Å². The zero-order valence-corrected chi connectivity index (χ0v) is 12.9. The van der Waals surface area contributed by atoms with Crippen molar-refractivity contribution in [3.8, 4) is 5.82 Å². The molecule has 2 aromatic heterocycles. The largest absolute Gasteiger partial charge is 0.292 e. The SMILES string of the molecule is c1cn(-c2cncc([C@@H]3CCCN3C3CCCCC3)n2)cn1. The molecular formula is C17H23N5. The fourth-order valence-electron chi connectivity index (χ4n) is 4.01. The second kappa shape index (κ2) is 6.16. The Kier molecular flexibility index (Phi) is 3.89. The highest BCUT2D eigenvalue weighted by Gasteiger charge is 2.33. The van der Waals surface area contributed by atoms with Crippen LogP contribution in [0.15, 0.2) is 31.1 Å². The molecule has 2 aliphatic rings. The van der Waals surface area contributed by atoms with Crippen LogP contribution in [0.3, 0.4) is 0 Å². The number of rotatable bonds is 3. The van der Waals surface area contributed by atoms with Crippen LogP contribution in [0, 0.1) is 0 Å². The summed E-state index contributed by atoms with van der Waals surface area (Å²) >= 11 is 0. The number of hydrogen-bond donors (Lipinski definition) is 0. The molecular weight excluding hydrogens is 274 g/mol. The standard InChI is InChI=1S/C17H23N5/c1-2-5-14(6-3-1)22-9-4-7-16(22)15-11-19-12-17(20-15)21-10-8-18-13-21/h8,10-14,16H,1-7,9H2/t16-/m0/s1. The molecule has 1 saturated heterocycles. The van der Waals surface area contributed by atoms with Gasteiger partial charge in [0.15, 0.2) is 5.82 Å². The predicted molar refractivity (Wildman–Crippen MR) is 84.7 cm³/mol. The van der Waals surface area contributed by atoms with Crippen LogP contribution < -0.4 is 0 Å². The lowest BCUT2D eigenvalue weighted by Gasteiger charge is -2.35. The molecule has 0 aromatic carbocycles. The summed E-state index contributed by atoms with van der Waals surface area (Å²) in [6.07, 6.45) is 18.6. The van der Waals surface area contributed by atoms with E-state index in [1.165, 1.54) is 51.5 Å². The molecule has 1 saturated carbocycles. The highest BCUT2D eigenvalue weighted by atomic mass is 15.2. The summed E-state index contributed by atoms with van der Waals surface area (Å²) in [5.41, 5.74) is 1.12. The van der Waals surface area contributed by atoms with Crippen LogP contribution in [0.2, 0.25) is 0 Å². The summed E-state index contributed by atoms with van der Waals surface area (Å²) in [4.78, 5) is 16.1. The minimum absolute atomic E-state index is 0.444. The summed E-state index contributed by atoms with van der Waals surface area (Å²) in [5.74, 6) is 0.866. The maximum absolute atomic E-state index is 4.86. The van der Waals surface area contributed by atoms with Crippen LogP contribution in [0.4, 0.5) is 0 Å². The Morgan fingerprint density at radius 3 is 2.68 bits per heavy atom. The van der Waals surface area contributed by atoms with Crippen LogP contribution >= 0.6 is 0 Å². The normalized spacial score (nSPS) is 23.9. The highest BCUT2D eigenvalue weighted by molar-refractivity contribution is 5.21. The molecule has 0 bridgehead atoms. The van der Waals surface area contributed by atoms with Crippen LogP contribution in [0.1, 0.15) is 56.7 Å². The van der Waals surface area contributed by atoms with Crippen LogP contribution in [0.25, 0.3) is 5.82 Å². The first-order chi connectivity index (χ1) is 10.9. The lowest BCUT2D eigenvalue weighted by Crippen LogP contribution is -2.36. The number of nitrogens with zero attached hydrogens (tertiary/aromatic N) is 5. The molecule has 5 heteroatoms. The van der Waals surface area contributed by atoms with Crippen molar-refractivity contribution in [2.45, 2.75) is 57.0 Å². The number of aromatic nitrogens is 4. The second-order valence-corrected chi connectivity index (χ2v) is 6.46. The van der Waals surface area contributed by atoms with Gasteiger partial charge in [0.1, 0.15) is 6.33 Å². The lowest BCUT2D eigenvalue weighted by atomic mass is 9.93. The van der Waals surface area contributed by atoms with E-state index < -0.39 is 0 Å². The highest BCUT2D eigenvalue weighted by Crippen LogP contribution is 2.36. The fourth-order valence-corrected chi connectivity index (χ4v) is 4.01. The second-order valence-electron chi connectivity index (χ2n) is 6.46. The van der Waals surface area contributed by atoms with Crippen molar-refractivity contribution in [2.75, 3.05) is 6.54 Å². The van der Waals surface area contributed by atoms with Gasteiger partial charge in [0, 0.05) is 18.4 Å². The molecule has 4 rings (SSSR count). The molecule has 116 valence electrons. The first-order valence-corrected chi connectivity index (χ1v) is 8.48. The Hall–Kier alpha value is -1.75. The molecule has 0 amide bonds. The fraction of sp³-hybridized carbons (Fsp3) is 0.588. The van der Waals surface area contributed by atoms with Gasteiger partial charge in [-0.2, -0.15) is 0 Å². The smallest absolute Gasteiger partial charge is 0.156 e. The van der Waals surface area contributed by atoms with Crippen molar-refractivity contribution in [3.63, 3.8) is 0 Å². The summed E-state index contributed by atoms with van der Waals surface area (Å²) in [6, 6.07) is 1.19. The zero-order valence-electron chi connectivity index (χ0n) is 12.9. The molecule has 0 radical (unpaired) electrons. The summed E-state index contributed by atoms with van der Waals surface area (Å²) in [5, 5.41) is 0. The van der Waals surface area contributed by atoms with E-state index in [9.17, 15) is 0 Å². The average Bonchev–Trinajstić information content (AvgIpc) is 3.27. The molecule has 2 fully saturated rings. The van der Waals surface area contributed by atoms with Gasteiger partial charge in [-0.1, -0.05) is 19.3 Å². The minimum Gasteiger partial charge on any atom is -0.292 e. The lowest BCUT2D eigenvalue weighted by molar-refractivity contribution is 0.140. The van der Waals surface area contributed by atoms with Crippen molar-refractivity contribution in [2.24, 2.45) is 0 Å². The van der Waals surface area contributed by atoms with Crippen molar-refractivity contribution in [1.82, 2.24) is 24.4 Å². The monoisotopic (exact) mass is 297 g/mol. The summed E-state index contributed by atoms with van der Waals surface area (Å²) in [7, 11) is 0. The molecule has 1 atom stereocenters. The van der Waals surface area contributed by atoms with E-state index in [1.807, 2.05) is 23.2 Å². The molecule has 1 aliphatic heterocycles. The minimum atomic E-state index is 0.444. The maximum atomic E-state index is 4.86. The van der Waals surface area contributed by atoms with E-state index in [0.717, 1.165) is 17.6 Å². The van der Waals surface area contributed by atoms with E-state index in [1.54, 1.807) is 12.5 Å². The van der Waals surface area contributed by atoms with E-state index in [4.69, 9.17) is 4.98 Å². The molecule has 0 N–H and O–H groups in total. The topological polar surface area (TPSA) is 46.8 Å². The van der Waals surface area contributed by atoms with Crippen LogP contribution in [0.5, 0.6) is 0 Å². The third-order valence-electron chi connectivity index (χ3n) is 5.09. The molecule has 22 heavy (non-hydrogen) atoms. The van der Waals surface area contributed by atoms with Crippen molar-refractivity contribution >= 4 is 0 Å². The van der Waals surface area contributed by atoms with Crippen molar-refractivity contribution < 1.29 is 0 Å². The van der Waals surface area contributed by atoms with Crippen molar-refractivity contribution in [1.29, 1.82) is 0 Å². The Morgan fingerprint density at radius 2 is 1.86 bits per heavy atom. The predicted octanol–water partition coefficient (Wildman–Crippen LogP) is 3.13. The van der Waals surface area contributed by atoms with Gasteiger partial charge in [0.2, 0.25) is 0 Å². The molecule has 1 aliphatic carbocycles. The van der Waals surface area contributed by atoms with Crippen LogP contribution in [-0.2, 0) is 0 Å². The molecule has 0 spiro atoms. The van der Waals surface area contributed by atoms with Gasteiger partial charge in [0.05, 0.1) is 24.1 Å².